The molecule has 0 bridgehead atoms. The molecular formula is C19H26N2O3. The maximum absolute atomic E-state index is 12.3. The van der Waals surface area contributed by atoms with Gasteiger partial charge in [0.2, 0.25) is 0 Å². The smallest absolute Gasteiger partial charge is 0.251 e. The number of benzene rings is 1. The second-order valence-electron chi connectivity index (χ2n) is 6.08. The Kier molecular flexibility index (Phi) is 6.58. The van der Waals surface area contributed by atoms with Crippen molar-refractivity contribution >= 4 is 5.91 Å². The van der Waals surface area contributed by atoms with E-state index in [0.717, 1.165) is 13.1 Å². The quantitative estimate of drug-likeness (QED) is 0.781. The van der Waals surface area contributed by atoms with Gasteiger partial charge in [-0.3, -0.25) is 9.69 Å². The summed E-state index contributed by atoms with van der Waals surface area (Å²) >= 11 is 0. The van der Waals surface area contributed by atoms with Gasteiger partial charge in [-0.05, 0) is 50.2 Å². The third kappa shape index (κ3) is 4.69. The standard InChI is InChI=1S/C19H26N2O3/c1-4-21(14(2)3)12-15-7-9-16(10-8-15)19(23)20-17(13-22)18-6-5-11-24-18/h5-11,14,17,22H,4,12-13H2,1-3H3,(H,20,23). The van der Waals surface area contributed by atoms with Crippen LogP contribution in [0, 0.1) is 0 Å². The van der Waals surface area contributed by atoms with E-state index in [1.54, 1.807) is 12.1 Å². The first-order chi connectivity index (χ1) is 11.5. The summed E-state index contributed by atoms with van der Waals surface area (Å²) in [6.07, 6.45) is 1.52. The van der Waals surface area contributed by atoms with Crippen molar-refractivity contribution in [1.82, 2.24) is 10.2 Å². The molecule has 0 spiro atoms. The Morgan fingerprint density at radius 2 is 1.96 bits per heavy atom. The number of hydrogen-bond donors (Lipinski definition) is 2. The van der Waals surface area contributed by atoms with Crippen molar-refractivity contribution in [3.63, 3.8) is 0 Å². The van der Waals surface area contributed by atoms with E-state index in [1.807, 2.05) is 24.3 Å². The van der Waals surface area contributed by atoms with Crippen molar-refractivity contribution in [2.45, 2.75) is 39.4 Å². The Labute approximate surface area is 143 Å². The van der Waals surface area contributed by atoms with Gasteiger partial charge >= 0.3 is 0 Å². The lowest BCUT2D eigenvalue weighted by atomic mass is 10.1. The molecule has 0 radical (unpaired) electrons. The van der Waals surface area contributed by atoms with E-state index in [-0.39, 0.29) is 12.5 Å². The van der Waals surface area contributed by atoms with Gasteiger partial charge in [0.05, 0.1) is 12.9 Å². The van der Waals surface area contributed by atoms with E-state index < -0.39 is 6.04 Å². The van der Waals surface area contributed by atoms with Crippen LogP contribution in [-0.2, 0) is 6.54 Å². The molecule has 5 nitrogen and oxygen atoms in total. The van der Waals surface area contributed by atoms with E-state index in [0.29, 0.717) is 17.4 Å². The van der Waals surface area contributed by atoms with E-state index >= 15 is 0 Å². The van der Waals surface area contributed by atoms with Gasteiger partial charge in [0.25, 0.3) is 5.91 Å². The van der Waals surface area contributed by atoms with Crippen molar-refractivity contribution in [2.75, 3.05) is 13.2 Å². The van der Waals surface area contributed by atoms with Crippen LogP contribution in [0.25, 0.3) is 0 Å². The average molecular weight is 330 g/mol. The van der Waals surface area contributed by atoms with Gasteiger partial charge in [0.15, 0.2) is 0 Å². The molecule has 0 saturated heterocycles. The number of hydrogen-bond acceptors (Lipinski definition) is 4. The van der Waals surface area contributed by atoms with Crippen molar-refractivity contribution < 1.29 is 14.3 Å². The van der Waals surface area contributed by atoms with Crippen molar-refractivity contribution in [3.8, 4) is 0 Å². The number of furan rings is 1. The molecule has 24 heavy (non-hydrogen) atoms. The van der Waals surface area contributed by atoms with Gasteiger partial charge < -0.3 is 14.8 Å². The van der Waals surface area contributed by atoms with Crippen LogP contribution < -0.4 is 5.32 Å². The number of nitrogens with zero attached hydrogens (tertiary/aromatic N) is 1. The normalized spacial score (nSPS) is 12.6. The van der Waals surface area contributed by atoms with Crippen LogP contribution in [0.3, 0.4) is 0 Å². The third-order valence-corrected chi connectivity index (χ3v) is 4.11. The molecule has 1 atom stereocenters. The fourth-order valence-corrected chi connectivity index (χ4v) is 2.59. The molecule has 1 aromatic heterocycles. The second kappa shape index (κ2) is 8.66. The SMILES string of the molecule is CCN(Cc1ccc(C(=O)NC(CO)c2ccco2)cc1)C(C)C. The van der Waals surface area contributed by atoms with Crippen molar-refractivity contribution in [1.29, 1.82) is 0 Å². The van der Waals surface area contributed by atoms with Crippen LogP contribution in [0.15, 0.2) is 47.1 Å². The van der Waals surface area contributed by atoms with Gasteiger partial charge in [-0.1, -0.05) is 19.1 Å². The van der Waals surface area contributed by atoms with Crippen LogP contribution in [0.5, 0.6) is 0 Å². The lowest BCUT2D eigenvalue weighted by Gasteiger charge is -2.24. The highest BCUT2D eigenvalue weighted by Gasteiger charge is 2.17. The van der Waals surface area contributed by atoms with Gasteiger partial charge in [-0.15, -0.1) is 0 Å². The lowest BCUT2D eigenvalue weighted by Crippen LogP contribution is -2.31. The highest BCUT2D eigenvalue weighted by atomic mass is 16.3. The molecule has 0 aliphatic rings. The second-order valence-corrected chi connectivity index (χ2v) is 6.08. The average Bonchev–Trinajstić information content (AvgIpc) is 3.12. The molecule has 0 aliphatic carbocycles. The summed E-state index contributed by atoms with van der Waals surface area (Å²) < 4.78 is 5.24. The molecule has 1 aromatic carbocycles. The summed E-state index contributed by atoms with van der Waals surface area (Å²) in [6.45, 7) is 8.13. The molecule has 2 aromatic rings. The van der Waals surface area contributed by atoms with Crippen molar-refractivity contribution in [3.05, 3.63) is 59.5 Å². The van der Waals surface area contributed by atoms with Gasteiger partial charge in [-0.25, -0.2) is 0 Å². The molecule has 0 saturated carbocycles. The molecule has 2 rings (SSSR count). The molecule has 2 N–H and O–H groups in total. The Balaban J connectivity index is 2.00. The topological polar surface area (TPSA) is 65.7 Å². The third-order valence-electron chi connectivity index (χ3n) is 4.11. The van der Waals surface area contributed by atoms with Crippen LogP contribution in [0.2, 0.25) is 0 Å². The largest absolute Gasteiger partial charge is 0.467 e. The molecule has 1 heterocycles. The summed E-state index contributed by atoms with van der Waals surface area (Å²) in [5.41, 5.74) is 1.74. The summed E-state index contributed by atoms with van der Waals surface area (Å²) in [5, 5.41) is 12.2. The van der Waals surface area contributed by atoms with Gasteiger partial charge in [-0.2, -0.15) is 0 Å². The Bertz CT molecular complexity index is 621. The van der Waals surface area contributed by atoms with E-state index in [2.05, 4.69) is 31.0 Å². The molecule has 5 heteroatoms. The summed E-state index contributed by atoms with van der Waals surface area (Å²) in [6, 6.07) is 11.0. The van der Waals surface area contributed by atoms with Gasteiger partial charge in [0, 0.05) is 18.2 Å². The zero-order chi connectivity index (χ0) is 17.5. The highest BCUT2D eigenvalue weighted by molar-refractivity contribution is 5.94. The molecule has 1 unspecified atom stereocenters. The fourth-order valence-electron chi connectivity index (χ4n) is 2.59. The first-order valence-corrected chi connectivity index (χ1v) is 8.33. The number of aliphatic hydroxyl groups is 1. The number of aliphatic hydroxyl groups excluding tert-OH is 1. The monoisotopic (exact) mass is 330 g/mol. The van der Waals surface area contributed by atoms with Gasteiger partial charge in [0.1, 0.15) is 11.8 Å². The fraction of sp³-hybridized carbons (Fsp3) is 0.421. The Hall–Kier alpha value is -2.11. The van der Waals surface area contributed by atoms with Crippen LogP contribution in [0.1, 0.15) is 48.5 Å². The summed E-state index contributed by atoms with van der Waals surface area (Å²) in [5.74, 6) is 0.311. The maximum Gasteiger partial charge on any atom is 0.251 e. The minimum atomic E-state index is -0.538. The highest BCUT2D eigenvalue weighted by Crippen LogP contribution is 2.15. The zero-order valence-corrected chi connectivity index (χ0v) is 14.5. The zero-order valence-electron chi connectivity index (χ0n) is 14.5. The molecule has 130 valence electrons. The lowest BCUT2D eigenvalue weighted by molar-refractivity contribution is 0.0907. The van der Waals surface area contributed by atoms with Crippen LogP contribution in [-0.4, -0.2) is 35.1 Å². The Morgan fingerprint density at radius 1 is 1.25 bits per heavy atom. The van der Waals surface area contributed by atoms with Crippen molar-refractivity contribution in [2.24, 2.45) is 0 Å². The number of carbonyl (C=O) groups excluding carboxylic acids is 1. The predicted molar refractivity (Wildman–Crippen MR) is 93.7 cm³/mol. The molecule has 1 amide bonds. The molecule has 0 aliphatic heterocycles. The van der Waals surface area contributed by atoms with E-state index in [9.17, 15) is 9.90 Å². The first kappa shape index (κ1) is 18.2. The molecule has 0 fully saturated rings. The number of amides is 1. The predicted octanol–water partition coefficient (Wildman–Crippen LogP) is 2.97. The minimum absolute atomic E-state index is 0.211. The number of nitrogens with one attached hydrogen (secondary N) is 1. The summed E-state index contributed by atoms with van der Waals surface area (Å²) in [4.78, 5) is 14.7. The van der Waals surface area contributed by atoms with Crippen LogP contribution >= 0.6 is 0 Å². The number of rotatable bonds is 8. The van der Waals surface area contributed by atoms with E-state index in [4.69, 9.17) is 4.42 Å². The summed E-state index contributed by atoms with van der Waals surface area (Å²) in [7, 11) is 0. The maximum atomic E-state index is 12.3. The minimum Gasteiger partial charge on any atom is -0.467 e. The number of carbonyl (C=O) groups is 1. The van der Waals surface area contributed by atoms with Crippen LogP contribution in [0.4, 0.5) is 0 Å². The van der Waals surface area contributed by atoms with E-state index in [1.165, 1.54) is 11.8 Å². The first-order valence-electron chi connectivity index (χ1n) is 8.33. The molecular weight excluding hydrogens is 304 g/mol. The Morgan fingerprint density at radius 3 is 2.46 bits per heavy atom.